The summed E-state index contributed by atoms with van der Waals surface area (Å²) in [6.07, 6.45) is 2.13. The van der Waals surface area contributed by atoms with E-state index < -0.39 is 27.3 Å². The van der Waals surface area contributed by atoms with Gasteiger partial charge in [-0.3, -0.25) is 25.6 Å². The fraction of sp³-hybridized carbons (Fsp3) is 0.476. The van der Waals surface area contributed by atoms with Crippen LogP contribution in [0.25, 0.3) is 10.9 Å². The minimum absolute atomic E-state index is 0.204. The molecule has 2 aliphatic heterocycles. The molecule has 2 aliphatic rings. The SMILES string of the molecule is [C-]#[N+]C1(N)CCN(S(=O)(=O)/C=C/c2c(C)cc(N3C(=O)NC(=O)C3(C)C)cc2C)CC1. The molecule has 9 nitrogen and oxygen atoms in total. The highest BCUT2D eigenvalue weighted by atomic mass is 32.2. The van der Waals surface area contributed by atoms with Crippen molar-refractivity contribution >= 4 is 33.7 Å². The lowest BCUT2D eigenvalue weighted by Crippen LogP contribution is -2.49. The Morgan fingerprint density at radius 3 is 2.16 bits per heavy atom. The van der Waals surface area contributed by atoms with Crippen molar-refractivity contribution in [3.63, 3.8) is 0 Å². The third-order valence-electron chi connectivity index (χ3n) is 5.95. The van der Waals surface area contributed by atoms with Gasteiger partial charge in [-0.2, -0.15) is 4.31 Å². The lowest BCUT2D eigenvalue weighted by atomic mass is 9.98. The number of urea groups is 1. The minimum atomic E-state index is -3.66. The fourth-order valence-electron chi connectivity index (χ4n) is 3.92. The van der Waals surface area contributed by atoms with Crippen molar-refractivity contribution < 1.29 is 18.0 Å². The summed E-state index contributed by atoms with van der Waals surface area (Å²) >= 11 is 0. The first kappa shape index (κ1) is 22.9. The number of hydrogen-bond donors (Lipinski definition) is 2. The van der Waals surface area contributed by atoms with Crippen LogP contribution in [-0.2, 0) is 14.8 Å². The van der Waals surface area contributed by atoms with Crippen LogP contribution in [0.2, 0.25) is 0 Å². The van der Waals surface area contributed by atoms with Gasteiger partial charge in [-0.25, -0.2) is 19.8 Å². The fourth-order valence-corrected chi connectivity index (χ4v) is 5.10. The third kappa shape index (κ3) is 4.21. The van der Waals surface area contributed by atoms with E-state index in [1.54, 1.807) is 32.1 Å². The number of nitrogens with one attached hydrogen (secondary N) is 1. The number of carbonyl (C=O) groups is 2. The summed E-state index contributed by atoms with van der Waals surface area (Å²) in [4.78, 5) is 29.2. The summed E-state index contributed by atoms with van der Waals surface area (Å²) in [7, 11) is -3.66. The van der Waals surface area contributed by atoms with E-state index in [9.17, 15) is 18.0 Å². The second-order valence-electron chi connectivity index (χ2n) is 8.61. The van der Waals surface area contributed by atoms with Crippen molar-refractivity contribution in [3.05, 3.63) is 45.6 Å². The van der Waals surface area contributed by atoms with Crippen molar-refractivity contribution in [2.45, 2.75) is 51.7 Å². The molecule has 0 bridgehead atoms. The van der Waals surface area contributed by atoms with Crippen LogP contribution >= 0.6 is 0 Å². The predicted octanol–water partition coefficient (Wildman–Crippen LogP) is 2.11. The first-order valence-corrected chi connectivity index (χ1v) is 11.4. The van der Waals surface area contributed by atoms with Gasteiger partial charge in [-0.15, -0.1) is 0 Å². The van der Waals surface area contributed by atoms with E-state index in [0.29, 0.717) is 18.5 Å². The number of hydrogen-bond acceptors (Lipinski definition) is 5. The van der Waals surface area contributed by atoms with Gasteiger partial charge in [-0.1, -0.05) is 0 Å². The first-order chi connectivity index (χ1) is 14.3. The Morgan fingerprint density at radius 1 is 1.16 bits per heavy atom. The molecule has 0 unspecified atom stereocenters. The van der Waals surface area contributed by atoms with Crippen LogP contribution in [0.1, 0.15) is 43.4 Å². The molecule has 2 heterocycles. The van der Waals surface area contributed by atoms with Gasteiger partial charge in [-0.05, 0) is 62.6 Å². The van der Waals surface area contributed by atoms with Crippen LogP contribution in [0.4, 0.5) is 10.5 Å². The first-order valence-electron chi connectivity index (χ1n) is 9.93. The summed E-state index contributed by atoms with van der Waals surface area (Å²) in [5.41, 5.74) is 6.76. The number of anilines is 1. The second-order valence-corrected chi connectivity index (χ2v) is 10.4. The third-order valence-corrected chi connectivity index (χ3v) is 7.52. The van der Waals surface area contributed by atoms with E-state index in [1.165, 1.54) is 14.6 Å². The van der Waals surface area contributed by atoms with E-state index in [-0.39, 0.29) is 19.0 Å². The average molecular weight is 446 g/mol. The quantitative estimate of drug-likeness (QED) is 0.544. The zero-order chi connectivity index (χ0) is 23.2. The summed E-state index contributed by atoms with van der Waals surface area (Å²) < 4.78 is 26.8. The molecule has 0 aromatic heterocycles. The molecule has 2 fully saturated rings. The number of imide groups is 1. The number of nitrogens with two attached hydrogens (primary N) is 1. The summed E-state index contributed by atoms with van der Waals surface area (Å²) in [5, 5.41) is 3.49. The molecular weight excluding hydrogens is 418 g/mol. The van der Waals surface area contributed by atoms with Crippen molar-refractivity contribution in [2.24, 2.45) is 5.73 Å². The monoisotopic (exact) mass is 445 g/mol. The maximum Gasteiger partial charge on any atom is 0.329 e. The number of nitrogens with zero attached hydrogens (tertiary/aromatic N) is 3. The average Bonchev–Trinajstić information content (AvgIpc) is 2.88. The molecule has 0 radical (unpaired) electrons. The second kappa shape index (κ2) is 7.75. The number of carbonyl (C=O) groups excluding carboxylic acids is 2. The number of sulfonamides is 1. The molecule has 1 aromatic carbocycles. The number of rotatable bonds is 4. The molecule has 1 aromatic rings. The van der Waals surface area contributed by atoms with Gasteiger partial charge in [0.15, 0.2) is 0 Å². The highest BCUT2D eigenvalue weighted by molar-refractivity contribution is 7.92. The molecule has 166 valence electrons. The molecule has 2 saturated heterocycles. The Balaban J connectivity index is 1.85. The molecule has 3 N–H and O–H groups in total. The van der Waals surface area contributed by atoms with E-state index in [4.69, 9.17) is 12.3 Å². The van der Waals surface area contributed by atoms with Crippen molar-refractivity contribution in [2.75, 3.05) is 18.0 Å². The van der Waals surface area contributed by atoms with E-state index in [0.717, 1.165) is 16.7 Å². The van der Waals surface area contributed by atoms with Gasteiger partial charge in [0.25, 0.3) is 11.6 Å². The van der Waals surface area contributed by atoms with Crippen molar-refractivity contribution in [3.8, 4) is 0 Å². The maximum atomic E-state index is 12.7. The highest BCUT2D eigenvalue weighted by Crippen LogP contribution is 2.32. The summed E-state index contributed by atoms with van der Waals surface area (Å²) in [6.45, 7) is 14.5. The molecular formula is C21H27N5O4S. The lowest BCUT2D eigenvalue weighted by molar-refractivity contribution is -0.122. The summed E-state index contributed by atoms with van der Waals surface area (Å²) in [5.74, 6) is -0.371. The van der Waals surface area contributed by atoms with Crippen molar-refractivity contribution in [1.82, 2.24) is 9.62 Å². The molecule has 3 amide bonds. The van der Waals surface area contributed by atoms with Gasteiger partial charge >= 0.3 is 6.03 Å². The van der Waals surface area contributed by atoms with Crippen LogP contribution in [0, 0.1) is 20.4 Å². The predicted molar refractivity (Wildman–Crippen MR) is 118 cm³/mol. The number of benzene rings is 1. The van der Waals surface area contributed by atoms with Crippen LogP contribution in [0.3, 0.4) is 0 Å². The molecule has 0 atom stereocenters. The topological polar surface area (TPSA) is 117 Å². The Hall–Kier alpha value is -2.74. The number of amides is 3. The maximum absolute atomic E-state index is 12.7. The number of aryl methyl sites for hydroxylation is 2. The van der Waals surface area contributed by atoms with Gasteiger partial charge < -0.3 is 0 Å². The van der Waals surface area contributed by atoms with Crippen molar-refractivity contribution in [1.29, 1.82) is 0 Å². The molecule has 31 heavy (non-hydrogen) atoms. The van der Waals surface area contributed by atoms with Crippen LogP contribution in [0.5, 0.6) is 0 Å². The molecule has 0 saturated carbocycles. The molecule has 3 rings (SSSR count). The lowest BCUT2D eigenvalue weighted by Gasteiger charge is -2.30. The van der Waals surface area contributed by atoms with E-state index in [1.807, 2.05) is 13.8 Å². The number of piperidine rings is 1. The highest BCUT2D eigenvalue weighted by Gasteiger charge is 2.46. The smallest absolute Gasteiger partial charge is 0.293 e. The van der Waals surface area contributed by atoms with Gasteiger partial charge in [0.2, 0.25) is 10.0 Å². The van der Waals surface area contributed by atoms with E-state index in [2.05, 4.69) is 10.2 Å². The van der Waals surface area contributed by atoms with Crippen LogP contribution < -0.4 is 16.0 Å². The Bertz CT molecular complexity index is 1090. The van der Waals surface area contributed by atoms with Crippen LogP contribution in [-0.4, -0.2) is 49.0 Å². The Morgan fingerprint density at radius 2 is 1.71 bits per heavy atom. The van der Waals surface area contributed by atoms with E-state index >= 15 is 0 Å². The largest absolute Gasteiger partial charge is 0.329 e. The summed E-state index contributed by atoms with van der Waals surface area (Å²) in [6, 6.07) is 3.04. The normalized spacial score (nSPS) is 21.4. The standard InChI is InChI=1S/C21H27N5O4S/c1-14-12-16(26-19(28)24-18(27)20(26,3)4)13-15(2)17(14)6-11-31(29,30)25-9-7-21(22,23-5)8-10-25/h6,11-13H,7-10,22H2,1-4H3,(H,24,27,28)/b11-6+. The van der Waals surface area contributed by atoms with Crippen LogP contribution in [0.15, 0.2) is 17.5 Å². The minimum Gasteiger partial charge on any atom is -0.293 e. The van der Waals surface area contributed by atoms with Gasteiger partial charge in [0, 0.05) is 24.2 Å². The Labute approximate surface area is 182 Å². The Kier molecular flexibility index (Phi) is 5.73. The molecule has 0 spiro atoms. The molecule has 10 heteroatoms. The molecule has 0 aliphatic carbocycles. The zero-order valence-corrected chi connectivity index (χ0v) is 18.9. The zero-order valence-electron chi connectivity index (χ0n) is 18.1. The van der Waals surface area contributed by atoms with Gasteiger partial charge in [0.1, 0.15) is 5.54 Å². The van der Waals surface area contributed by atoms with Gasteiger partial charge in [0.05, 0.1) is 12.8 Å².